The maximum atomic E-state index is 12.7. The summed E-state index contributed by atoms with van der Waals surface area (Å²) in [7, 11) is -3.73. The van der Waals surface area contributed by atoms with Crippen LogP contribution in [0.2, 0.25) is 10.0 Å². The van der Waals surface area contributed by atoms with Crippen LogP contribution < -0.4 is 9.62 Å². The van der Waals surface area contributed by atoms with Crippen LogP contribution in [0.15, 0.2) is 30.3 Å². The van der Waals surface area contributed by atoms with Gasteiger partial charge in [0, 0.05) is 6.42 Å². The number of hydrogen-bond acceptors (Lipinski definition) is 4. The van der Waals surface area contributed by atoms with Crippen molar-refractivity contribution in [2.45, 2.75) is 20.3 Å². The second-order valence-electron chi connectivity index (χ2n) is 6.28. The van der Waals surface area contributed by atoms with E-state index in [1.807, 2.05) is 19.9 Å². The number of halogens is 2. The summed E-state index contributed by atoms with van der Waals surface area (Å²) in [6.45, 7) is 3.69. The van der Waals surface area contributed by atoms with Gasteiger partial charge >= 0.3 is 0 Å². The Balaban J connectivity index is 1.98. The van der Waals surface area contributed by atoms with Crippen molar-refractivity contribution in [3.63, 3.8) is 0 Å². The predicted octanol–water partition coefficient (Wildman–Crippen LogP) is 3.93. The molecule has 0 aromatic heterocycles. The molecule has 1 aliphatic rings. The molecular weight excluding hydrogens is 411 g/mol. The van der Waals surface area contributed by atoms with Crippen molar-refractivity contribution in [2.75, 3.05) is 15.4 Å². The van der Waals surface area contributed by atoms with Gasteiger partial charge in [-0.15, -0.1) is 0 Å². The Labute approximate surface area is 167 Å². The van der Waals surface area contributed by atoms with E-state index in [1.54, 1.807) is 6.07 Å². The number of sulfonamides is 1. The lowest BCUT2D eigenvalue weighted by Gasteiger charge is -2.17. The first-order valence-corrected chi connectivity index (χ1v) is 10.4. The number of hydrogen-bond donors (Lipinski definition) is 1. The molecule has 2 amide bonds. The maximum absolute atomic E-state index is 12.7. The Morgan fingerprint density at radius 1 is 1.11 bits per heavy atom. The van der Waals surface area contributed by atoms with E-state index in [9.17, 15) is 18.0 Å². The summed E-state index contributed by atoms with van der Waals surface area (Å²) in [5, 5.41) is 3.21. The molecule has 1 fully saturated rings. The van der Waals surface area contributed by atoms with Crippen molar-refractivity contribution in [2.24, 2.45) is 0 Å². The van der Waals surface area contributed by atoms with Gasteiger partial charge < -0.3 is 5.32 Å². The second-order valence-corrected chi connectivity index (χ2v) is 9.03. The zero-order chi connectivity index (χ0) is 19.9. The molecule has 27 heavy (non-hydrogen) atoms. The Morgan fingerprint density at radius 2 is 1.81 bits per heavy atom. The lowest BCUT2D eigenvalue weighted by atomic mass is 10.1. The van der Waals surface area contributed by atoms with Crippen LogP contribution in [-0.2, 0) is 14.8 Å². The molecule has 0 aliphatic carbocycles. The third-order valence-electron chi connectivity index (χ3n) is 4.18. The normalized spacial score (nSPS) is 15.9. The van der Waals surface area contributed by atoms with Crippen molar-refractivity contribution in [3.8, 4) is 0 Å². The van der Waals surface area contributed by atoms with Gasteiger partial charge in [-0.1, -0.05) is 29.3 Å². The quantitative estimate of drug-likeness (QED) is 0.805. The molecule has 1 aliphatic heterocycles. The molecule has 1 N–H and O–H groups in total. The third kappa shape index (κ3) is 3.81. The number of carbonyl (C=O) groups excluding carboxylic acids is 2. The van der Waals surface area contributed by atoms with Crippen LogP contribution in [0.4, 0.5) is 11.4 Å². The van der Waals surface area contributed by atoms with E-state index in [0.29, 0.717) is 15.0 Å². The summed E-state index contributed by atoms with van der Waals surface area (Å²) in [6, 6.07) is 7.66. The highest BCUT2D eigenvalue weighted by atomic mass is 35.5. The Hall–Kier alpha value is -2.09. The largest absolute Gasteiger partial charge is 0.320 e. The topological polar surface area (TPSA) is 83.6 Å². The molecule has 3 rings (SSSR count). The van der Waals surface area contributed by atoms with Gasteiger partial charge in [-0.2, -0.15) is 0 Å². The first-order chi connectivity index (χ1) is 12.6. The van der Waals surface area contributed by atoms with Gasteiger partial charge in [-0.3, -0.25) is 9.59 Å². The minimum atomic E-state index is -3.73. The van der Waals surface area contributed by atoms with Crippen molar-refractivity contribution in [1.29, 1.82) is 0 Å². The first-order valence-electron chi connectivity index (χ1n) is 8.03. The zero-order valence-corrected chi connectivity index (χ0v) is 16.9. The molecule has 0 radical (unpaired) electrons. The van der Waals surface area contributed by atoms with E-state index in [-0.39, 0.29) is 28.4 Å². The molecular formula is C18H16Cl2N2O4S. The third-order valence-corrected chi connectivity index (χ3v) is 6.50. The van der Waals surface area contributed by atoms with E-state index in [4.69, 9.17) is 23.2 Å². The number of carbonyl (C=O) groups is 2. The van der Waals surface area contributed by atoms with Crippen molar-refractivity contribution in [3.05, 3.63) is 57.1 Å². The number of benzene rings is 2. The Bertz CT molecular complexity index is 1040. The van der Waals surface area contributed by atoms with E-state index >= 15 is 0 Å². The van der Waals surface area contributed by atoms with E-state index in [1.165, 1.54) is 18.2 Å². The summed E-state index contributed by atoms with van der Waals surface area (Å²) in [5.41, 5.74) is 2.30. The molecule has 1 heterocycles. The fraction of sp³-hybridized carbons (Fsp3) is 0.222. The molecule has 2 aromatic rings. The molecule has 0 unspecified atom stereocenters. The van der Waals surface area contributed by atoms with Crippen LogP contribution in [0.3, 0.4) is 0 Å². The Morgan fingerprint density at radius 3 is 2.41 bits per heavy atom. The average molecular weight is 427 g/mol. The second kappa shape index (κ2) is 7.14. The summed E-state index contributed by atoms with van der Waals surface area (Å²) < 4.78 is 24.9. The monoisotopic (exact) mass is 426 g/mol. The Kier molecular flexibility index (Phi) is 5.20. The van der Waals surface area contributed by atoms with Gasteiger partial charge in [0.05, 0.1) is 32.7 Å². The SMILES string of the molecule is Cc1cc(C)c(NC(=O)c2cc(N3C(=O)CCS3(=O)=O)ccc2Cl)c(Cl)c1. The molecule has 0 atom stereocenters. The van der Waals surface area contributed by atoms with Gasteiger partial charge in [0.25, 0.3) is 5.91 Å². The van der Waals surface area contributed by atoms with Gasteiger partial charge in [-0.05, 0) is 49.2 Å². The molecule has 0 spiro atoms. The van der Waals surface area contributed by atoms with E-state index < -0.39 is 21.8 Å². The fourth-order valence-electron chi connectivity index (χ4n) is 2.94. The van der Waals surface area contributed by atoms with Crippen LogP contribution in [0, 0.1) is 13.8 Å². The summed E-state index contributed by atoms with van der Waals surface area (Å²) in [4.78, 5) is 24.7. The van der Waals surface area contributed by atoms with E-state index in [2.05, 4.69) is 5.32 Å². The molecule has 0 bridgehead atoms. The first kappa shape index (κ1) is 19.7. The predicted molar refractivity (Wildman–Crippen MR) is 106 cm³/mol. The number of amides is 2. The van der Waals surface area contributed by atoms with E-state index in [0.717, 1.165) is 11.1 Å². The van der Waals surface area contributed by atoms with Crippen LogP contribution in [0.5, 0.6) is 0 Å². The van der Waals surface area contributed by atoms with Crippen LogP contribution >= 0.6 is 23.2 Å². The smallest absolute Gasteiger partial charge is 0.257 e. The lowest BCUT2D eigenvalue weighted by Crippen LogP contribution is -2.29. The van der Waals surface area contributed by atoms with Crippen molar-refractivity contribution < 1.29 is 18.0 Å². The summed E-state index contributed by atoms with van der Waals surface area (Å²) in [5.74, 6) is -1.35. The highest BCUT2D eigenvalue weighted by Crippen LogP contribution is 2.31. The molecule has 2 aromatic carbocycles. The van der Waals surface area contributed by atoms with Crippen LogP contribution in [0.25, 0.3) is 0 Å². The zero-order valence-electron chi connectivity index (χ0n) is 14.5. The highest BCUT2D eigenvalue weighted by molar-refractivity contribution is 7.94. The minimum Gasteiger partial charge on any atom is -0.320 e. The van der Waals surface area contributed by atoms with Gasteiger partial charge in [0.2, 0.25) is 15.9 Å². The van der Waals surface area contributed by atoms with Gasteiger partial charge in [0.15, 0.2) is 0 Å². The fourth-order valence-corrected chi connectivity index (χ4v) is 4.96. The molecule has 142 valence electrons. The number of rotatable bonds is 3. The molecule has 6 nitrogen and oxygen atoms in total. The minimum absolute atomic E-state index is 0.0418. The number of anilines is 2. The molecule has 9 heteroatoms. The summed E-state index contributed by atoms with van der Waals surface area (Å²) in [6.07, 6.45) is -0.0926. The number of aryl methyl sites for hydroxylation is 2. The summed E-state index contributed by atoms with van der Waals surface area (Å²) >= 11 is 12.3. The van der Waals surface area contributed by atoms with Gasteiger partial charge in [0.1, 0.15) is 0 Å². The van der Waals surface area contributed by atoms with Crippen LogP contribution in [0.1, 0.15) is 27.9 Å². The van der Waals surface area contributed by atoms with Crippen molar-refractivity contribution >= 4 is 56.4 Å². The molecule has 0 saturated carbocycles. The lowest BCUT2D eigenvalue weighted by molar-refractivity contribution is -0.116. The molecule has 1 saturated heterocycles. The standard InChI is InChI=1S/C18H16Cl2N2O4S/c1-10-7-11(2)17(15(20)8-10)21-18(24)13-9-12(3-4-14(13)19)22-16(23)5-6-27(22,25)26/h3-4,7-9H,5-6H2,1-2H3,(H,21,24). The maximum Gasteiger partial charge on any atom is 0.257 e. The van der Waals surface area contributed by atoms with Crippen LogP contribution in [-0.4, -0.2) is 26.0 Å². The van der Waals surface area contributed by atoms with Gasteiger partial charge in [-0.25, -0.2) is 12.7 Å². The average Bonchev–Trinajstić information content (AvgIpc) is 2.84. The highest BCUT2D eigenvalue weighted by Gasteiger charge is 2.36. The number of nitrogens with zero attached hydrogens (tertiary/aromatic N) is 1. The number of nitrogens with one attached hydrogen (secondary N) is 1. The van der Waals surface area contributed by atoms with Crippen molar-refractivity contribution in [1.82, 2.24) is 0 Å².